The zero-order valence-corrected chi connectivity index (χ0v) is 15.8. The van der Waals surface area contributed by atoms with Crippen LogP contribution in [0.2, 0.25) is 5.02 Å². The lowest BCUT2D eigenvalue weighted by atomic mass is 10.1. The van der Waals surface area contributed by atoms with Crippen LogP contribution in [0.25, 0.3) is 0 Å². The number of pyridine rings is 1. The van der Waals surface area contributed by atoms with Crippen molar-refractivity contribution < 1.29 is 13.0 Å². The number of nitrogens with two attached hydrogens (primary N) is 1. The number of hydrogen-bond donors (Lipinski definition) is 1. The highest BCUT2D eigenvalue weighted by atomic mass is 35.5. The van der Waals surface area contributed by atoms with Gasteiger partial charge in [0.15, 0.2) is 0 Å². The molecule has 0 aliphatic rings. The number of halogens is 3. The molecule has 0 aliphatic heterocycles. The molecule has 0 saturated carbocycles. The summed E-state index contributed by atoms with van der Waals surface area (Å²) in [6.45, 7) is 0.281. The monoisotopic (exact) mass is 406 g/mol. The van der Waals surface area contributed by atoms with Crippen LogP contribution in [0, 0.1) is 11.6 Å². The smallest absolute Gasteiger partial charge is 0.128 e. The molecule has 140 valence electrons. The normalized spacial score (nSPS) is 14.5. The Kier molecular flexibility index (Phi) is 5.60. The van der Waals surface area contributed by atoms with E-state index in [-0.39, 0.29) is 12.1 Å². The molecule has 0 fully saturated rings. The first-order valence-corrected chi connectivity index (χ1v) is 10.2. The van der Waals surface area contributed by atoms with Gasteiger partial charge in [-0.1, -0.05) is 17.7 Å². The van der Waals surface area contributed by atoms with E-state index >= 15 is 0 Å². The molecule has 7 heteroatoms. The van der Waals surface area contributed by atoms with Gasteiger partial charge in [-0.25, -0.2) is 8.78 Å². The summed E-state index contributed by atoms with van der Waals surface area (Å²) in [4.78, 5) is 4.66. The first-order chi connectivity index (χ1) is 12.8. The molecule has 1 aromatic heterocycles. The van der Waals surface area contributed by atoms with Gasteiger partial charge in [-0.2, -0.15) is 0 Å². The van der Waals surface area contributed by atoms with Crippen LogP contribution in [0.1, 0.15) is 22.1 Å². The van der Waals surface area contributed by atoms with Gasteiger partial charge in [-0.3, -0.25) is 9.19 Å². The van der Waals surface area contributed by atoms with Gasteiger partial charge in [0.2, 0.25) is 0 Å². The molecule has 3 rings (SSSR count). The van der Waals surface area contributed by atoms with Crippen molar-refractivity contribution in [1.29, 1.82) is 0 Å². The van der Waals surface area contributed by atoms with Crippen LogP contribution in [0.15, 0.2) is 65.7 Å². The highest BCUT2D eigenvalue weighted by Gasteiger charge is 2.29. The SMILES string of the molecule is C=S(=O)(c1ccc(Cl)cc1)C(c1ccc(CN)cn1)c1cc(F)ccc1F. The lowest BCUT2D eigenvalue weighted by Gasteiger charge is -2.23. The summed E-state index contributed by atoms with van der Waals surface area (Å²) < 4.78 is 42.1. The van der Waals surface area contributed by atoms with Crippen molar-refractivity contribution in [3.8, 4) is 0 Å². The molecule has 2 unspecified atom stereocenters. The molecule has 2 atom stereocenters. The van der Waals surface area contributed by atoms with E-state index in [0.717, 1.165) is 23.8 Å². The fourth-order valence-electron chi connectivity index (χ4n) is 2.79. The van der Waals surface area contributed by atoms with Crippen LogP contribution in [0.5, 0.6) is 0 Å². The average molecular weight is 407 g/mol. The molecule has 0 amide bonds. The van der Waals surface area contributed by atoms with E-state index in [1.54, 1.807) is 36.4 Å². The molecule has 0 radical (unpaired) electrons. The Morgan fingerprint density at radius 2 is 1.81 bits per heavy atom. The third-order valence-electron chi connectivity index (χ3n) is 4.19. The van der Waals surface area contributed by atoms with E-state index in [1.165, 1.54) is 6.20 Å². The zero-order chi connectivity index (χ0) is 19.6. The largest absolute Gasteiger partial charge is 0.326 e. The molecule has 1 heterocycles. The third kappa shape index (κ3) is 4.03. The molecule has 3 nitrogen and oxygen atoms in total. The van der Waals surface area contributed by atoms with Gasteiger partial charge in [0.25, 0.3) is 0 Å². The molecule has 3 aromatic rings. The Morgan fingerprint density at radius 3 is 2.41 bits per heavy atom. The van der Waals surface area contributed by atoms with Crippen molar-refractivity contribution in [2.24, 2.45) is 5.73 Å². The topological polar surface area (TPSA) is 56.0 Å². The first-order valence-electron chi connectivity index (χ1n) is 8.04. The predicted molar refractivity (Wildman–Crippen MR) is 105 cm³/mol. The maximum Gasteiger partial charge on any atom is 0.128 e. The summed E-state index contributed by atoms with van der Waals surface area (Å²) in [5.41, 5.74) is 6.59. The minimum Gasteiger partial charge on any atom is -0.326 e. The third-order valence-corrected chi connectivity index (χ3v) is 6.76. The van der Waals surface area contributed by atoms with Gasteiger partial charge in [-0.05, 0) is 60.0 Å². The Labute approximate surface area is 161 Å². The Balaban J connectivity index is 2.23. The second kappa shape index (κ2) is 7.76. The molecular weight excluding hydrogens is 390 g/mol. The quantitative estimate of drug-likeness (QED) is 0.641. The highest BCUT2D eigenvalue weighted by Crippen LogP contribution is 2.36. The molecule has 0 aliphatic carbocycles. The van der Waals surface area contributed by atoms with Crippen molar-refractivity contribution in [3.63, 3.8) is 0 Å². The minimum absolute atomic E-state index is 0.0713. The van der Waals surface area contributed by atoms with Crippen molar-refractivity contribution >= 4 is 27.0 Å². The van der Waals surface area contributed by atoms with Crippen molar-refractivity contribution in [3.05, 3.63) is 94.3 Å². The van der Waals surface area contributed by atoms with Gasteiger partial charge in [0.05, 0.1) is 5.69 Å². The minimum atomic E-state index is -3.14. The Bertz CT molecular complexity index is 1050. The Hall–Kier alpha value is -2.28. The maximum atomic E-state index is 14.6. The fraction of sp³-hybridized carbons (Fsp3) is 0.100. The van der Waals surface area contributed by atoms with Crippen molar-refractivity contribution in [2.75, 3.05) is 0 Å². The summed E-state index contributed by atoms with van der Waals surface area (Å²) in [5.74, 6) is 2.55. The Morgan fingerprint density at radius 1 is 1.11 bits per heavy atom. The van der Waals surface area contributed by atoms with Crippen LogP contribution in [-0.4, -0.2) is 15.1 Å². The van der Waals surface area contributed by atoms with Gasteiger partial charge in [-0.15, -0.1) is 0 Å². The number of hydrogen-bond acceptors (Lipinski definition) is 3. The average Bonchev–Trinajstić information content (AvgIpc) is 2.65. The number of benzene rings is 2. The predicted octanol–water partition coefficient (Wildman–Crippen LogP) is 4.34. The van der Waals surface area contributed by atoms with E-state index in [0.29, 0.717) is 15.6 Å². The molecule has 0 bridgehead atoms. The second-order valence-electron chi connectivity index (χ2n) is 6.02. The second-order valence-corrected chi connectivity index (χ2v) is 8.85. The number of aromatic nitrogens is 1. The van der Waals surface area contributed by atoms with Crippen LogP contribution >= 0.6 is 11.6 Å². The van der Waals surface area contributed by atoms with Crippen LogP contribution in [-0.2, 0) is 16.1 Å². The highest BCUT2D eigenvalue weighted by molar-refractivity contribution is 8.00. The molecule has 0 saturated heterocycles. The van der Waals surface area contributed by atoms with Crippen molar-refractivity contribution in [2.45, 2.75) is 16.7 Å². The van der Waals surface area contributed by atoms with E-state index in [2.05, 4.69) is 10.9 Å². The zero-order valence-electron chi connectivity index (χ0n) is 14.2. The summed E-state index contributed by atoms with van der Waals surface area (Å²) in [5, 5.41) is -0.617. The fourth-order valence-corrected chi connectivity index (χ4v) is 4.90. The summed E-state index contributed by atoms with van der Waals surface area (Å²) in [6, 6.07) is 12.6. The summed E-state index contributed by atoms with van der Waals surface area (Å²) in [6.07, 6.45) is 1.52. The molecule has 2 aromatic carbocycles. The van der Waals surface area contributed by atoms with Gasteiger partial charge < -0.3 is 5.73 Å². The summed E-state index contributed by atoms with van der Waals surface area (Å²) >= 11 is 5.91. The molecule has 27 heavy (non-hydrogen) atoms. The van der Waals surface area contributed by atoms with Crippen molar-refractivity contribution in [1.82, 2.24) is 4.98 Å². The van der Waals surface area contributed by atoms with E-state index in [1.807, 2.05) is 0 Å². The molecular formula is C20H17ClF2N2OS. The molecule has 2 N–H and O–H groups in total. The van der Waals surface area contributed by atoms with Crippen LogP contribution in [0.4, 0.5) is 8.78 Å². The number of nitrogens with zero attached hydrogens (tertiary/aromatic N) is 1. The number of rotatable bonds is 5. The standard InChI is InChI=1S/C20H17ClF2N2OS/c1-27(26,16-6-3-14(21)4-7-16)20(17-10-15(22)5-8-18(17)23)19-9-2-13(11-24)12-25-19/h2-10,12,20H,1,11,24H2. The first kappa shape index (κ1) is 19.5. The van der Waals surface area contributed by atoms with Gasteiger partial charge >= 0.3 is 0 Å². The van der Waals surface area contributed by atoms with Gasteiger partial charge in [0, 0.05) is 37.7 Å². The summed E-state index contributed by atoms with van der Waals surface area (Å²) in [7, 11) is -3.14. The van der Waals surface area contributed by atoms with Crippen LogP contribution < -0.4 is 5.73 Å². The van der Waals surface area contributed by atoms with E-state index in [4.69, 9.17) is 17.3 Å². The lowest BCUT2D eigenvalue weighted by molar-refractivity contribution is 0.584. The molecule has 0 spiro atoms. The maximum absolute atomic E-state index is 14.6. The van der Waals surface area contributed by atoms with E-state index < -0.39 is 26.4 Å². The van der Waals surface area contributed by atoms with E-state index in [9.17, 15) is 13.0 Å². The van der Waals surface area contributed by atoms with Crippen LogP contribution in [0.3, 0.4) is 0 Å². The lowest BCUT2D eigenvalue weighted by Crippen LogP contribution is -2.18. The van der Waals surface area contributed by atoms with Gasteiger partial charge in [0.1, 0.15) is 16.9 Å².